The lowest BCUT2D eigenvalue weighted by atomic mass is 10.1. The van der Waals surface area contributed by atoms with E-state index in [2.05, 4.69) is 5.32 Å². The minimum Gasteiger partial charge on any atom is -0.336 e. The van der Waals surface area contributed by atoms with Crippen molar-refractivity contribution in [1.29, 1.82) is 0 Å². The Bertz CT molecular complexity index is 659. The van der Waals surface area contributed by atoms with Gasteiger partial charge >= 0.3 is 0 Å². The van der Waals surface area contributed by atoms with Gasteiger partial charge in [0.05, 0.1) is 13.0 Å². The fourth-order valence-corrected chi connectivity index (χ4v) is 1.98. The fourth-order valence-electron chi connectivity index (χ4n) is 1.98. The average Bonchev–Trinajstić information content (AvgIpc) is 2.48. The molecule has 2 amide bonds. The summed E-state index contributed by atoms with van der Waals surface area (Å²) < 4.78 is 13.1. The van der Waals surface area contributed by atoms with Gasteiger partial charge in [0.25, 0.3) is 0 Å². The van der Waals surface area contributed by atoms with E-state index in [4.69, 9.17) is 0 Å². The molecule has 0 bridgehead atoms. The maximum atomic E-state index is 13.1. The van der Waals surface area contributed by atoms with Crippen molar-refractivity contribution in [2.45, 2.75) is 6.42 Å². The van der Waals surface area contributed by atoms with E-state index in [9.17, 15) is 14.0 Å². The normalized spacial score (nSPS) is 10.1. The SMILES string of the molecule is CN(CC(=O)Nc1ccccc1)C(=O)Cc1cccc(F)c1. The van der Waals surface area contributed by atoms with Crippen molar-refractivity contribution in [3.8, 4) is 0 Å². The lowest BCUT2D eigenvalue weighted by Gasteiger charge is -2.17. The molecule has 0 radical (unpaired) electrons. The molecule has 22 heavy (non-hydrogen) atoms. The molecule has 114 valence electrons. The van der Waals surface area contributed by atoms with Crippen molar-refractivity contribution in [1.82, 2.24) is 4.90 Å². The maximum absolute atomic E-state index is 13.1. The zero-order chi connectivity index (χ0) is 15.9. The maximum Gasteiger partial charge on any atom is 0.243 e. The molecule has 0 heterocycles. The molecular formula is C17H17FN2O2. The van der Waals surface area contributed by atoms with Crippen molar-refractivity contribution in [3.05, 3.63) is 66.0 Å². The first-order valence-corrected chi connectivity index (χ1v) is 6.88. The summed E-state index contributed by atoms with van der Waals surface area (Å²) in [6, 6.07) is 14.9. The molecule has 0 saturated carbocycles. The number of halogens is 1. The molecule has 1 N–H and O–H groups in total. The Hall–Kier alpha value is -2.69. The van der Waals surface area contributed by atoms with Crippen LogP contribution in [0.2, 0.25) is 0 Å². The second-order valence-electron chi connectivity index (χ2n) is 4.97. The number of amides is 2. The van der Waals surface area contributed by atoms with Gasteiger partial charge in [-0.25, -0.2) is 4.39 Å². The third kappa shape index (κ3) is 4.70. The molecule has 0 aliphatic heterocycles. The second kappa shape index (κ2) is 7.36. The Kier molecular flexibility index (Phi) is 5.25. The van der Waals surface area contributed by atoms with Gasteiger partial charge in [-0.15, -0.1) is 0 Å². The molecule has 0 fully saturated rings. The smallest absolute Gasteiger partial charge is 0.243 e. The van der Waals surface area contributed by atoms with Gasteiger partial charge in [-0.3, -0.25) is 9.59 Å². The molecule has 0 atom stereocenters. The van der Waals surface area contributed by atoms with Gasteiger partial charge in [0.2, 0.25) is 11.8 Å². The molecule has 5 heteroatoms. The highest BCUT2D eigenvalue weighted by Gasteiger charge is 2.13. The first-order chi connectivity index (χ1) is 10.5. The van der Waals surface area contributed by atoms with Crippen LogP contribution in [-0.4, -0.2) is 30.3 Å². The van der Waals surface area contributed by atoms with E-state index in [1.54, 1.807) is 31.3 Å². The van der Waals surface area contributed by atoms with Crippen LogP contribution in [0.4, 0.5) is 10.1 Å². The number of nitrogens with one attached hydrogen (secondary N) is 1. The third-order valence-corrected chi connectivity index (χ3v) is 3.11. The number of carbonyl (C=O) groups is 2. The highest BCUT2D eigenvalue weighted by molar-refractivity contribution is 5.94. The number of nitrogens with zero attached hydrogens (tertiary/aromatic N) is 1. The van der Waals surface area contributed by atoms with Crippen molar-refractivity contribution >= 4 is 17.5 Å². The Morgan fingerprint density at radius 1 is 1.09 bits per heavy atom. The van der Waals surface area contributed by atoms with Crippen LogP contribution in [0.1, 0.15) is 5.56 Å². The minimum absolute atomic E-state index is 0.0525. The molecular weight excluding hydrogens is 283 g/mol. The lowest BCUT2D eigenvalue weighted by Crippen LogP contribution is -2.35. The zero-order valence-corrected chi connectivity index (χ0v) is 12.3. The van der Waals surface area contributed by atoms with Crippen LogP contribution in [0.15, 0.2) is 54.6 Å². The molecule has 0 saturated heterocycles. The number of carbonyl (C=O) groups excluding carboxylic acids is 2. The standard InChI is InChI=1S/C17H17FN2O2/c1-20(12-16(21)19-15-8-3-2-4-9-15)17(22)11-13-6-5-7-14(18)10-13/h2-10H,11-12H2,1H3,(H,19,21). The Morgan fingerprint density at radius 3 is 2.50 bits per heavy atom. The Labute approximate surface area is 128 Å². The highest BCUT2D eigenvalue weighted by atomic mass is 19.1. The summed E-state index contributed by atoms with van der Waals surface area (Å²) in [5.41, 5.74) is 1.26. The molecule has 2 aromatic rings. The van der Waals surface area contributed by atoms with Crippen LogP contribution in [0, 0.1) is 5.82 Å². The third-order valence-electron chi connectivity index (χ3n) is 3.11. The summed E-state index contributed by atoms with van der Waals surface area (Å²) in [6.07, 6.45) is 0.0624. The molecule has 0 aromatic heterocycles. The van der Waals surface area contributed by atoms with Gasteiger partial charge in [0, 0.05) is 12.7 Å². The predicted octanol–water partition coefficient (Wildman–Crippen LogP) is 2.47. The van der Waals surface area contributed by atoms with E-state index in [0.29, 0.717) is 11.3 Å². The number of para-hydroxylation sites is 1. The summed E-state index contributed by atoms with van der Waals surface area (Å²) in [6.45, 7) is -0.0525. The molecule has 4 nitrogen and oxygen atoms in total. The van der Waals surface area contributed by atoms with E-state index < -0.39 is 0 Å². The van der Waals surface area contributed by atoms with Gasteiger partial charge in [-0.2, -0.15) is 0 Å². The van der Waals surface area contributed by atoms with Gasteiger partial charge in [-0.1, -0.05) is 30.3 Å². The van der Waals surface area contributed by atoms with Crippen molar-refractivity contribution < 1.29 is 14.0 Å². The summed E-state index contributed by atoms with van der Waals surface area (Å²) >= 11 is 0. The van der Waals surface area contributed by atoms with E-state index in [-0.39, 0.29) is 30.6 Å². The van der Waals surface area contributed by atoms with Crippen LogP contribution >= 0.6 is 0 Å². The molecule has 2 rings (SSSR count). The molecule has 0 spiro atoms. The van der Waals surface area contributed by atoms with Gasteiger partial charge in [0.15, 0.2) is 0 Å². The molecule has 0 aliphatic carbocycles. The zero-order valence-electron chi connectivity index (χ0n) is 12.3. The number of hydrogen-bond acceptors (Lipinski definition) is 2. The lowest BCUT2D eigenvalue weighted by molar-refractivity contribution is -0.132. The van der Waals surface area contributed by atoms with Gasteiger partial charge < -0.3 is 10.2 Å². The molecule has 0 aliphatic rings. The van der Waals surface area contributed by atoms with Gasteiger partial charge in [-0.05, 0) is 29.8 Å². The van der Waals surface area contributed by atoms with Crippen LogP contribution in [-0.2, 0) is 16.0 Å². The van der Waals surface area contributed by atoms with E-state index in [0.717, 1.165) is 0 Å². The summed E-state index contributed by atoms with van der Waals surface area (Å²) in [5.74, 6) is -0.898. The van der Waals surface area contributed by atoms with Crippen LogP contribution < -0.4 is 5.32 Å². The number of benzene rings is 2. The van der Waals surface area contributed by atoms with Crippen LogP contribution in [0.5, 0.6) is 0 Å². The largest absolute Gasteiger partial charge is 0.336 e. The first-order valence-electron chi connectivity index (χ1n) is 6.88. The predicted molar refractivity (Wildman–Crippen MR) is 82.8 cm³/mol. The number of hydrogen-bond donors (Lipinski definition) is 1. The van der Waals surface area contributed by atoms with Crippen LogP contribution in [0.25, 0.3) is 0 Å². The summed E-state index contributed by atoms with van der Waals surface area (Å²) in [4.78, 5) is 25.2. The van der Waals surface area contributed by atoms with E-state index in [1.165, 1.54) is 17.0 Å². The van der Waals surface area contributed by atoms with E-state index >= 15 is 0 Å². The average molecular weight is 300 g/mol. The van der Waals surface area contributed by atoms with Crippen molar-refractivity contribution in [2.75, 3.05) is 18.9 Å². The molecule has 2 aromatic carbocycles. The van der Waals surface area contributed by atoms with Crippen molar-refractivity contribution in [2.24, 2.45) is 0 Å². The number of likely N-dealkylation sites (N-methyl/N-ethyl adjacent to an activating group) is 1. The van der Waals surface area contributed by atoms with Crippen LogP contribution in [0.3, 0.4) is 0 Å². The fraction of sp³-hybridized carbons (Fsp3) is 0.176. The van der Waals surface area contributed by atoms with Gasteiger partial charge in [0.1, 0.15) is 5.82 Å². The molecule has 0 unspecified atom stereocenters. The topological polar surface area (TPSA) is 49.4 Å². The van der Waals surface area contributed by atoms with E-state index in [1.807, 2.05) is 18.2 Å². The number of rotatable bonds is 5. The quantitative estimate of drug-likeness (QED) is 0.922. The Morgan fingerprint density at radius 2 is 1.82 bits per heavy atom. The monoisotopic (exact) mass is 300 g/mol. The van der Waals surface area contributed by atoms with Crippen molar-refractivity contribution in [3.63, 3.8) is 0 Å². The first kappa shape index (κ1) is 15.7. The Balaban J connectivity index is 1.87. The highest BCUT2D eigenvalue weighted by Crippen LogP contribution is 2.07. The number of anilines is 1. The summed E-state index contributed by atoms with van der Waals surface area (Å²) in [5, 5.41) is 2.71. The summed E-state index contributed by atoms with van der Waals surface area (Å²) in [7, 11) is 1.55. The minimum atomic E-state index is -0.380. The second-order valence-corrected chi connectivity index (χ2v) is 4.97.